The molecule has 0 bridgehead atoms. The van der Waals surface area contributed by atoms with Crippen LogP contribution in [0.5, 0.6) is 0 Å². The first-order chi connectivity index (χ1) is 12.5. The Kier molecular flexibility index (Phi) is 5.82. The molecule has 1 aromatic heterocycles. The lowest BCUT2D eigenvalue weighted by Gasteiger charge is -2.17. The van der Waals surface area contributed by atoms with Crippen LogP contribution in [0.3, 0.4) is 0 Å². The molecule has 1 unspecified atom stereocenters. The average Bonchev–Trinajstić information content (AvgIpc) is 3.29. The standard InChI is InChI=1S/C18H23N5O2S/c1-13(14-7-4-3-5-8-14)11-19-15(24)12-22(2)17-20-21-18(26-17)23-10-6-9-16(23)25/h3-5,7-8,13H,6,9-12H2,1-2H3,(H,19,24). The molecule has 138 valence electrons. The predicted octanol–water partition coefficient (Wildman–Crippen LogP) is 2.02. The van der Waals surface area contributed by atoms with Gasteiger partial charge in [-0.15, -0.1) is 10.2 Å². The number of nitrogens with one attached hydrogen (secondary N) is 1. The Morgan fingerprint density at radius 1 is 1.35 bits per heavy atom. The molecule has 1 saturated heterocycles. The molecule has 0 spiro atoms. The van der Waals surface area contributed by atoms with Gasteiger partial charge in [-0.05, 0) is 17.9 Å². The lowest BCUT2D eigenvalue weighted by molar-refractivity contribution is -0.120. The van der Waals surface area contributed by atoms with Gasteiger partial charge in [0.1, 0.15) is 0 Å². The molecule has 1 aromatic carbocycles. The minimum absolute atomic E-state index is 0.0655. The van der Waals surface area contributed by atoms with Gasteiger partial charge in [-0.1, -0.05) is 48.6 Å². The summed E-state index contributed by atoms with van der Waals surface area (Å²) in [7, 11) is 1.80. The maximum absolute atomic E-state index is 12.2. The fourth-order valence-electron chi connectivity index (χ4n) is 2.83. The summed E-state index contributed by atoms with van der Waals surface area (Å²) in [5, 5.41) is 12.4. The molecule has 1 aliphatic rings. The minimum atomic E-state index is -0.0655. The summed E-state index contributed by atoms with van der Waals surface area (Å²) in [6.45, 7) is 3.56. The van der Waals surface area contributed by atoms with Gasteiger partial charge in [0.25, 0.3) is 0 Å². The van der Waals surface area contributed by atoms with Crippen molar-refractivity contribution in [2.75, 3.05) is 36.5 Å². The van der Waals surface area contributed by atoms with Crippen molar-refractivity contribution in [2.24, 2.45) is 0 Å². The molecule has 26 heavy (non-hydrogen) atoms. The molecule has 2 aromatic rings. The molecule has 2 amide bonds. The number of rotatable bonds is 7. The van der Waals surface area contributed by atoms with Gasteiger partial charge >= 0.3 is 0 Å². The first-order valence-corrected chi connectivity index (χ1v) is 9.53. The number of hydrogen-bond donors (Lipinski definition) is 1. The normalized spacial score (nSPS) is 15.2. The van der Waals surface area contributed by atoms with Crippen molar-refractivity contribution >= 4 is 33.4 Å². The quantitative estimate of drug-likeness (QED) is 0.803. The van der Waals surface area contributed by atoms with Gasteiger partial charge in [0, 0.05) is 26.6 Å². The second-order valence-corrected chi connectivity index (χ2v) is 7.42. The second kappa shape index (κ2) is 8.27. The number of anilines is 2. The highest BCUT2D eigenvalue weighted by Gasteiger charge is 2.25. The van der Waals surface area contributed by atoms with Crippen LogP contribution in [-0.2, 0) is 9.59 Å². The zero-order chi connectivity index (χ0) is 18.5. The summed E-state index contributed by atoms with van der Waals surface area (Å²) in [6.07, 6.45) is 1.42. The van der Waals surface area contributed by atoms with Gasteiger partial charge in [0.15, 0.2) is 0 Å². The summed E-state index contributed by atoms with van der Waals surface area (Å²) >= 11 is 1.33. The maximum Gasteiger partial charge on any atom is 0.239 e. The van der Waals surface area contributed by atoms with Crippen LogP contribution >= 0.6 is 11.3 Å². The van der Waals surface area contributed by atoms with Gasteiger partial charge in [-0.3, -0.25) is 14.5 Å². The topological polar surface area (TPSA) is 78.4 Å². The van der Waals surface area contributed by atoms with Crippen molar-refractivity contribution in [3.8, 4) is 0 Å². The average molecular weight is 373 g/mol. The predicted molar refractivity (Wildman–Crippen MR) is 103 cm³/mol. The maximum atomic E-state index is 12.2. The van der Waals surface area contributed by atoms with Gasteiger partial charge < -0.3 is 10.2 Å². The summed E-state index contributed by atoms with van der Waals surface area (Å²) < 4.78 is 0. The van der Waals surface area contributed by atoms with E-state index in [1.807, 2.05) is 18.2 Å². The fourth-order valence-corrected chi connectivity index (χ4v) is 3.68. The van der Waals surface area contributed by atoms with Gasteiger partial charge in [-0.25, -0.2) is 0 Å². The Hall–Kier alpha value is -2.48. The molecule has 7 nitrogen and oxygen atoms in total. The fraction of sp³-hybridized carbons (Fsp3) is 0.444. The summed E-state index contributed by atoms with van der Waals surface area (Å²) in [4.78, 5) is 27.4. The second-order valence-electron chi connectivity index (χ2n) is 6.49. The number of carbonyl (C=O) groups excluding carboxylic acids is 2. The number of amides is 2. The van der Waals surface area contributed by atoms with Gasteiger partial charge in [0.2, 0.25) is 22.1 Å². The SMILES string of the molecule is CC(CNC(=O)CN(C)c1nnc(N2CCCC2=O)s1)c1ccccc1. The molecule has 0 aliphatic carbocycles. The number of aromatic nitrogens is 2. The van der Waals surface area contributed by atoms with Crippen LogP contribution in [0.4, 0.5) is 10.3 Å². The van der Waals surface area contributed by atoms with E-state index in [1.165, 1.54) is 16.9 Å². The smallest absolute Gasteiger partial charge is 0.239 e. The third kappa shape index (κ3) is 4.37. The molecule has 1 atom stereocenters. The van der Waals surface area contributed by atoms with Crippen LogP contribution in [0, 0.1) is 0 Å². The molecule has 8 heteroatoms. The van der Waals surface area contributed by atoms with Crippen LogP contribution in [0.25, 0.3) is 0 Å². The first-order valence-electron chi connectivity index (χ1n) is 8.71. The van der Waals surface area contributed by atoms with Crippen molar-refractivity contribution in [3.05, 3.63) is 35.9 Å². The first kappa shape index (κ1) is 18.3. The number of nitrogens with zero attached hydrogens (tertiary/aromatic N) is 4. The van der Waals surface area contributed by atoms with E-state index in [2.05, 4.69) is 34.6 Å². The van der Waals surface area contributed by atoms with E-state index in [9.17, 15) is 9.59 Å². The molecule has 1 N–H and O–H groups in total. The van der Waals surface area contributed by atoms with Crippen LogP contribution in [0.15, 0.2) is 30.3 Å². The number of benzene rings is 1. The van der Waals surface area contributed by atoms with Gasteiger partial charge in [-0.2, -0.15) is 0 Å². The zero-order valence-corrected chi connectivity index (χ0v) is 15.8. The zero-order valence-electron chi connectivity index (χ0n) is 15.0. The Morgan fingerprint density at radius 3 is 2.81 bits per heavy atom. The van der Waals surface area contributed by atoms with E-state index >= 15 is 0 Å². The van der Waals surface area contributed by atoms with Crippen molar-refractivity contribution < 1.29 is 9.59 Å². The lowest BCUT2D eigenvalue weighted by atomic mass is 10.0. The molecule has 3 rings (SSSR count). The number of likely N-dealkylation sites (N-methyl/N-ethyl adjacent to an activating group) is 1. The van der Waals surface area contributed by atoms with Crippen molar-refractivity contribution in [3.63, 3.8) is 0 Å². The molecule has 0 radical (unpaired) electrons. The number of carbonyl (C=O) groups is 2. The van der Waals surface area contributed by atoms with E-state index in [1.54, 1.807) is 16.8 Å². The third-order valence-corrected chi connectivity index (χ3v) is 5.45. The van der Waals surface area contributed by atoms with E-state index in [0.717, 1.165) is 6.42 Å². The van der Waals surface area contributed by atoms with Crippen molar-refractivity contribution in [1.82, 2.24) is 15.5 Å². The summed E-state index contributed by atoms with van der Waals surface area (Å²) in [5.41, 5.74) is 1.20. The summed E-state index contributed by atoms with van der Waals surface area (Å²) in [5.74, 6) is 0.270. The lowest BCUT2D eigenvalue weighted by Crippen LogP contribution is -2.36. The largest absolute Gasteiger partial charge is 0.354 e. The monoisotopic (exact) mass is 373 g/mol. The van der Waals surface area contributed by atoms with Crippen LogP contribution in [0.2, 0.25) is 0 Å². The molecule has 0 saturated carbocycles. The highest BCUT2D eigenvalue weighted by molar-refractivity contribution is 7.19. The highest BCUT2D eigenvalue weighted by atomic mass is 32.1. The van der Waals surface area contributed by atoms with Crippen LogP contribution < -0.4 is 15.1 Å². The Labute approximate surface area is 157 Å². The van der Waals surface area contributed by atoms with Crippen molar-refractivity contribution in [2.45, 2.75) is 25.7 Å². The Balaban J connectivity index is 1.50. The Bertz CT molecular complexity index is 764. The third-order valence-electron chi connectivity index (χ3n) is 4.39. The molecular formula is C18H23N5O2S. The van der Waals surface area contributed by atoms with Crippen LogP contribution in [0.1, 0.15) is 31.2 Å². The highest BCUT2D eigenvalue weighted by Crippen LogP contribution is 2.29. The molecular weight excluding hydrogens is 350 g/mol. The van der Waals surface area contributed by atoms with E-state index in [-0.39, 0.29) is 24.3 Å². The van der Waals surface area contributed by atoms with E-state index in [0.29, 0.717) is 29.8 Å². The summed E-state index contributed by atoms with van der Waals surface area (Å²) in [6, 6.07) is 10.1. The van der Waals surface area contributed by atoms with Crippen molar-refractivity contribution in [1.29, 1.82) is 0 Å². The van der Waals surface area contributed by atoms with E-state index in [4.69, 9.17) is 0 Å². The number of hydrogen-bond acceptors (Lipinski definition) is 6. The van der Waals surface area contributed by atoms with Gasteiger partial charge in [0.05, 0.1) is 6.54 Å². The van der Waals surface area contributed by atoms with E-state index < -0.39 is 0 Å². The molecule has 1 aliphatic heterocycles. The minimum Gasteiger partial charge on any atom is -0.354 e. The van der Waals surface area contributed by atoms with Crippen LogP contribution in [-0.4, -0.2) is 48.7 Å². The molecule has 2 heterocycles. The Morgan fingerprint density at radius 2 is 2.12 bits per heavy atom. The molecule has 1 fully saturated rings.